The summed E-state index contributed by atoms with van der Waals surface area (Å²) in [6.45, 7) is 2.07. The van der Waals surface area contributed by atoms with Crippen molar-refractivity contribution < 1.29 is 0 Å². The zero-order valence-corrected chi connectivity index (χ0v) is 9.78. The Balaban J connectivity index is 1.99. The van der Waals surface area contributed by atoms with Crippen LogP contribution >= 0.6 is 0 Å². The van der Waals surface area contributed by atoms with Crippen LogP contribution in [0.3, 0.4) is 0 Å². The van der Waals surface area contributed by atoms with Crippen LogP contribution in [-0.4, -0.2) is 32.4 Å². The number of aromatic nitrogens is 2. The summed E-state index contributed by atoms with van der Waals surface area (Å²) in [4.78, 5) is 10.7. The lowest BCUT2D eigenvalue weighted by Gasteiger charge is -2.26. The number of aryl methyl sites for hydroxylation is 1. The predicted octanol–water partition coefficient (Wildman–Crippen LogP) is 0.406. The van der Waals surface area contributed by atoms with Gasteiger partial charge in [0, 0.05) is 31.2 Å². The molecule has 0 saturated heterocycles. The fourth-order valence-corrected chi connectivity index (χ4v) is 2.33. The molecule has 2 atom stereocenters. The first kappa shape index (κ1) is 10.1. The number of nitrogens with two attached hydrogens (primary N) is 1. The van der Waals surface area contributed by atoms with Crippen LogP contribution in [0.4, 0.5) is 0 Å². The summed E-state index contributed by atoms with van der Waals surface area (Å²) in [7, 11) is 1.91. The van der Waals surface area contributed by atoms with Crippen molar-refractivity contribution in [1.29, 1.82) is 0 Å². The lowest BCUT2D eigenvalue weighted by atomic mass is 10.0. The van der Waals surface area contributed by atoms with Crippen molar-refractivity contribution in [2.45, 2.75) is 19.0 Å². The third-order valence-electron chi connectivity index (χ3n) is 3.06. The highest BCUT2D eigenvalue weighted by atomic mass is 15.3. The van der Waals surface area contributed by atoms with Crippen molar-refractivity contribution in [3.8, 4) is 0 Å². The van der Waals surface area contributed by atoms with Gasteiger partial charge in [0.05, 0.1) is 18.3 Å². The molecule has 0 fully saturated rings. The van der Waals surface area contributed by atoms with Gasteiger partial charge in [-0.1, -0.05) is 0 Å². The van der Waals surface area contributed by atoms with Crippen LogP contribution in [-0.2, 0) is 7.05 Å². The Morgan fingerprint density at radius 3 is 2.94 bits per heavy atom. The molecule has 88 valence electrons. The molecule has 1 aromatic heterocycles. The number of amidine groups is 2. The van der Waals surface area contributed by atoms with Gasteiger partial charge < -0.3 is 10.6 Å². The second-order valence-electron chi connectivity index (χ2n) is 4.31. The van der Waals surface area contributed by atoms with Gasteiger partial charge in [-0.3, -0.25) is 9.67 Å². The van der Waals surface area contributed by atoms with E-state index in [4.69, 9.17) is 5.73 Å². The van der Waals surface area contributed by atoms with E-state index in [-0.39, 0.29) is 12.1 Å². The van der Waals surface area contributed by atoms with E-state index in [1.807, 2.05) is 25.6 Å². The minimum Gasteiger partial charge on any atom is -0.381 e. The lowest BCUT2D eigenvalue weighted by molar-refractivity contribution is 0.404. The van der Waals surface area contributed by atoms with E-state index in [0.29, 0.717) is 5.84 Å². The van der Waals surface area contributed by atoms with Crippen LogP contribution in [0.5, 0.6) is 0 Å². The summed E-state index contributed by atoms with van der Waals surface area (Å²) in [6.07, 6.45) is 7.50. The maximum atomic E-state index is 5.83. The van der Waals surface area contributed by atoms with Gasteiger partial charge in [0.1, 0.15) is 0 Å². The molecule has 0 aromatic carbocycles. The first-order chi connectivity index (χ1) is 8.16. The van der Waals surface area contributed by atoms with Crippen LogP contribution in [0.1, 0.15) is 18.5 Å². The summed E-state index contributed by atoms with van der Waals surface area (Å²) in [5.41, 5.74) is 6.97. The Bertz CT molecular complexity index is 538. The summed E-state index contributed by atoms with van der Waals surface area (Å²) in [5.74, 6) is 1.24. The summed E-state index contributed by atoms with van der Waals surface area (Å²) in [5, 5.41) is 4.21. The number of hydrogen-bond donors (Lipinski definition) is 1. The van der Waals surface area contributed by atoms with E-state index < -0.39 is 0 Å². The fourth-order valence-electron chi connectivity index (χ4n) is 2.33. The zero-order valence-electron chi connectivity index (χ0n) is 9.78. The molecular weight excluding hydrogens is 216 g/mol. The highest BCUT2D eigenvalue weighted by Crippen LogP contribution is 2.33. The van der Waals surface area contributed by atoms with E-state index >= 15 is 0 Å². The topological polar surface area (TPSA) is 71.8 Å². The third kappa shape index (κ3) is 1.44. The quantitative estimate of drug-likeness (QED) is 0.759. The van der Waals surface area contributed by atoms with Gasteiger partial charge in [-0.15, -0.1) is 0 Å². The molecule has 2 N–H and O–H groups in total. The van der Waals surface area contributed by atoms with Gasteiger partial charge >= 0.3 is 0 Å². The molecule has 0 amide bonds. The number of fused-ring (bicyclic) bond motifs is 1. The Morgan fingerprint density at radius 1 is 1.41 bits per heavy atom. The van der Waals surface area contributed by atoms with Gasteiger partial charge in [0.25, 0.3) is 0 Å². The number of hydrogen-bond acceptors (Lipinski definition) is 5. The number of nitrogens with zero attached hydrogens (tertiary/aromatic N) is 5. The first-order valence-electron chi connectivity index (χ1n) is 5.52. The maximum Gasteiger partial charge on any atom is 0.172 e. The zero-order chi connectivity index (χ0) is 12.0. The van der Waals surface area contributed by atoms with Crippen LogP contribution in [0.25, 0.3) is 0 Å². The van der Waals surface area contributed by atoms with Crippen molar-refractivity contribution in [2.24, 2.45) is 22.8 Å². The second kappa shape index (κ2) is 3.44. The van der Waals surface area contributed by atoms with Gasteiger partial charge in [-0.05, 0) is 6.92 Å². The van der Waals surface area contributed by atoms with Crippen molar-refractivity contribution >= 4 is 11.7 Å². The molecule has 6 nitrogen and oxygen atoms in total. The van der Waals surface area contributed by atoms with Gasteiger partial charge in [-0.25, -0.2) is 4.99 Å². The predicted molar refractivity (Wildman–Crippen MR) is 65.4 cm³/mol. The molecule has 2 aliphatic heterocycles. The highest BCUT2D eigenvalue weighted by molar-refractivity contribution is 6.41. The Labute approximate surface area is 99.1 Å². The molecule has 0 bridgehead atoms. The molecule has 2 aliphatic rings. The van der Waals surface area contributed by atoms with Crippen LogP contribution in [0.15, 0.2) is 34.8 Å². The van der Waals surface area contributed by atoms with Gasteiger partial charge in [-0.2, -0.15) is 5.10 Å². The summed E-state index contributed by atoms with van der Waals surface area (Å²) < 4.78 is 1.80. The minimum absolute atomic E-state index is 0.144. The van der Waals surface area contributed by atoms with E-state index in [0.717, 1.165) is 11.4 Å². The molecule has 0 spiro atoms. The molecule has 1 aromatic rings. The van der Waals surface area contributed by atoms with Crippen LogP contribution in [0, 0.1) is 0 Å². The van der Waals surface area contributed by atoms with E-state index in [9.17, 15) is 0 Å². The van der Waals surface area contributed by atoms with Crippen molar-refractivity contribution in [3.63, 3.8) is 0 Å². The standard InChI is InChI=1S/C11H14N6/c1-7-9(8-5-14-16(2)6-8)17-4-3-13-10(12)11(17)15-7/h3-7,9H,1-2H3,(H2,12,13). The van der Waals surface area contributed by atoms with E-state index in [1.165, 1.54) is 0 Å². The van der Waals surface area contributed by atoms with E-state index in [2.05, 4.69) is 26.9 Å². The SMILES string of the molecule is CC1N=C2C(N)=NC=CN2C1c1cnn(C)c1. The van der Waals surface area contributed by atoms with Gasteiger partial charge in [0.2, 0.25) is 0 Å². The monoisotopic (exact) mass is 230 g/mol. The third-order valence-corrected chi connectivity index (χ3v) is 3.06. The Hall–Kier alpha value is -2.11. The highest BCUT2D eigenvalue weighted by Gasteiger charge is 2.36. The molecule has 3 rings (SSSR count). The largest absolute Gasteiger partial charge is 0.381 e. The molecule has 3 heterocycles. The molecular formula is C11H14N6. The fraction of sp³-hybridized carbons (Fsp3) is 0.364. The second-order valence-corrected chi connectivity index (χ2v) is 4.31. The molecule has 0 radical (unpaired) electrons. The maximum absolute atomic E-state index is 5.83. The molecule has 2 unspecified atom stereocenters. The van der Waals surface area contributed by atoms with E-state index in [1.54, 1.807) is 10.9 Å². The number of rotatable bonds is 1. The first-order valence-corrected chi connectivity index (χ1v) is 5.52. The van der Waals surface area contributed by atoms with Crippen LogP contribution in [0.2, 0.25) is 0 Å². The molecule has 17 heavy (non-hydrogen) atoms. The summed E-state index contributed by atoms with van der Waals surface area (Å²) >= 11 is 0. The van der Waals surface area contributed by atoms with Crippen molar-refractivity contribution in [2.75, 3.05) is 0 Å². The normalized spacial score (nSPS) is 26.8. The molecule has 6 heteroatoms. The van der Waals surface area contributed by atoms with Crippen molar-refractivity contribution in [3.05, 3.63) is 30.4 Å². The molecule has 0 saturated carbocycles. The average molecular weight is 230 g/mol. The minimum atomic E-state index is 0.144. The average Bonchev–Trinajstić information content (AvgIpc) is 2.82. The Morgan fingerprint density at radius 2 is 2.24 bits per heavy atom. The lowest BCUT2D eigenvalue weighted by Crippen LogP contribution is -2.38. The summed E-state index contributed by atoms with van der Waals surface area (Å²) in [6, 6.07) is 0.301. The molecule has 0 aliphatic carbocycles. The smallest absolute Gasteiger partial charge is 0.172 e. The van der Waals surface area contributed by atoms with Crippen LogP contribution < -0.4 is 5.73 Å². The van der Waals surface area contributed by atoms with Crippen molar-refractivity contribution in [1.82, 2.24) is 14.7 Å². The number of aliphatic imine (C=N–C) groups is 2. The van der Waals surface area contributed by atoms with Gasteiger partial charge in [0.15, 0.2) is 11.7 Å². The Kier molecular flexibility index (Phi) is 2.04.